The lowest BCUT2D eigenvalue weighted by atomic mass is 9.87. The maximum atomic E-state index is 11.6. The first-order chi connectivity index (χ1) is 26.5. The van der Waals surface area contributed by atoms with Crippen LogP contribution in [0.2, 0.25) is 0 Å². The highest BCUT2D eigenvalue weighted by atomic mass is 16.3. The summed E-state index contributed by atoms with van der Waals surface area (Å²) < 4.78 is 1.87. The number of hydrogen-bond acceptors (Lipinski definition) is 4. The van der Waals surface area contributed by atoms with Crippen LogP contribution < -0.4 is 10.4 Å². The molecule has 3 N–H and O–H groups in total. The van der Waals surface area contributed by atoms with E-state index in [2.05, 4.69) is 77.7 Å². The first kappa shape index (κ1) is 32.7. The van der Waals surface area contributed by atoms with Crippen LogP contribution in [0.5, 0.6) is 17.2 Å². The van der Waals surface area contributed by atoms with Gasteiger partial charge in [0.2, 0.25) is 0 Å². The molecule has 5 nitrogen and oxygen atoms in total. The van der Waals surface area contributed by atoms with Gasteiger partial charge in [-0.2, -0.15) is 0 Å². The van der Waals surface area contributed by atoms with Crippen LogP contribution in [0.1, 0.15) is 0 Å². The molecule has 0 amide bonds. The number of rotatable bonds is 7. The maximum Gasteiger partial charge on any atom is 0.182 e. The van der Waals surface area contributed by atoms with Crippen LogP contribution in [0, 0.1) is 0 Å². The molecule has 0 spiro atoms. The lowest BCUT2D eigenvalue weighted by Gasteiger charge is -2.26. The van der Waals surface area contributed by atoms with Crippen LogP contribution in [0.25, 0.3) is 60.9 Å². The second kappa shape index (κ2) is 13.4. The number of hydrogen-bond donors (Lipinski definition) is 3. The lowest BCUT2D eigenvalue weighted by molar-refractivity contribution is 0.400. The standard InChI is InChI=1S/C48H33BN2O3/c49-44-46(52)43(45(48(54)47(44)53)51-41-17-9-7-15-39(41)40-16-8-10-18-42(40)51)35-23-29-38(30-24-35)50(36-25-19-33(20-26-36)31-11-3-1-4-12-31)37-27-21-34(22-28-37)32-13-5-2-6-14-32/h1-30,52-54H. The minimum absolute atomic E-state index is 0.231. The molecule has 2 radical (unpaired) electrons. The van der Waals surface area contributed by atoms with E-state index in [4.69, 9.17) is 7.85 Å². The molecule has 54 heavy (non-hydrogen) atoms. The monoisotopic (exact) mass is 696 g/mol. The number of anilines is 3. The predicted molar refractivity (Wildman–Crippen MR) is 222 cm³/mol. The van der Waals surface area contributed by atoms with Crippen LogP contribution in [0.4, 0.5) is 17.1 Å². The summed E-state index contributed by atoms with van der Waals surface area (Å²) in [5.41, 5.74) is 9.78. The van der Waals surface area contributed by atoms with Crippen molar-refractivity contribution in [1.29, 1.82) is 0 Å². The van der Waals surface area contributed by atoms with Gasteiger partial charge in [0.15, 0.2) is 11.5 Å². The SMILES string of the molecule is [B]c1c(O)c(O)c(-n2c3ccccc3c3ccccc32)c(-c2ccc(N(c3ccc(-c4ccccc4)cc3)c3ccc(-c4ccccc4)cc3)cc2)c1O. The highest BCUT2D eigenvalue weighted by Gasteiger charge is 2.26. The maximum absolute atomic E-state index is 11.6. The molecule has 0 saturated carbocycles. The highest BCUT2D eigenvalue weighted by Crippen LogP contribution is 2.47. The third kappa shape index (κ3) is 5.53. The van der Waals surface area contributed by atoms with Gasteiger partial charge in [-0.15, -0.1) is 0 Å². The molecule has 0 aliphatic carbocycles. The molecule has 9 aromatic rings. The van der Waals surface area contributed by atoms with Crippen LogP contribution in [0.15, 0.2) is 182 Å². The molecule has 0 unspecified atom stereocenters. The van der Waals surface area contributed by atoms with Gasteiger partial charge in [0.1, 0.15) is 19.3 Å². The molecular weight excluding hydrogens is 663 g/mol. The second-order valence-corrected chi connectivity index (χ2v) is 13.3. The zero-order valence-electron chi connectivity index (χ0n) is 29.1. The summed E-state index contributed by atoms with van der Waals surface area (Å²) in [6.45, 7) is 0. The van der Waals surface area contributed by atoms with E-state index in [9.17, 15) is 15.3 Å². The Balaban J connectivity index is 1.19. The van der Waals surface area contributed by atoms with Crippen molar-refractivity contribution < 1.29 is 15.3 Å². The Kier molecular flexibility index (Phi) is 8.13. The number of phenolic OH excluding ortho intramolecular Hbond substituents is 3. The first-order valence-electron chi connectivity index (χ1n) is 17.7. The van der Waals surface area contributed by atoms with Gasteiger partial charge >= 0.3 is 0 Å². The number of aromatic hydroxyl groups is 3. The normalized spacial score (nSPS) is 11.3. The van der Waals surface area contributed by atoms with Gasteiger partial charge in [0.05, 0.1) is 16.6 Å². The minimum Gasteiger partial charge on any atom is -0.508 e. The Labute approximate surface area is 314 Å². The molecular formula is C48H33BN2O3. The Hall–Kier alpha value is -7.18. The van der Waals surface area contributed by atoms with Crippen LogP contribution in [-0.2, 0) is 0 Å². The molecule has 0 aliphatic heterocycles. The van der Waals surface area contributed by atoms with E-state index in [-0.39, 0.29) is 16.9 Å². The van der Waals surface area contributed by atoms with E-state index in [1.165, 1.54) is 0 Å². The van der Waals surface area contributed by atoms with Gasteiger partial charge in [0, 0.05) is 27.8 Å². The zero-order valence-corrected chi connectivity index (χ0v) is 29.1. The molecule has 0 atom stereocenters. The highest BCUT2D eigenvalue weighted by molar-refractivity contribution is 6.37. The van der Waals surface area contributed by atoms with Crippen molar-refractivity contribution in [3.05, 3.63) is 182 Å². The molecule has 0 fully saturated rings. The van der Waals surface area contributed by atoms with E-state index < -0.39 is 11.5 Å². The zero-order chi connectivity index (χ0) is 36.8. The van der Waals surface area contributed by atoms with E-state index >= 15 is 0 Å². The number of para-hydroxylation sites is 2. The number of aromatic nitrogens is 1. The summed E-state index contributed by atoms with van der Waals surface area (Å²) in [5.74, 6) is -1.32. The number of nitrogens with zero attached hydrogens (tertiary/aromatic N) is 2. The fourth-order valence-corrected chi connectivity index (χ4v) is 7.46. The molecule has 256 valence electrons. The molecule has 1 aromatic heterocycles. The molecule has 1 heterocycles. The predicted octanol–water partition coefficient (Wildman–Crippen LogP) is 11.2. The van der Waals surface area contributed by atoms with Gasteiger partial charge in [-0.25, -0.2) is 0 Å². The molecule has 0 bridgehead atoms. The Morgan fingerprint density at radius 2 is 0.741 bits per heavy atom. The third-order valence-corrected chi connectivity index (χ3v) is 10.1. The van der Waals surface area contributed by atoms with Gasteiger partial charge in [-0.3, -0.25) is 0 Å². The molecule has 6 heteroatoms. The van der Waals surface area contributed by atoms with Gasteiger partial charge < -0.3 is 24.8 Å². The lowest BCUT2D eigenvalue weighted by Crippen LogP contribution is -2.11. The first-order valence-corrected chi connectivity index (χ1v) is 17.7. The number of benzene rings is 8. The Morgan fingerprint density at radius 1 is 0.370 bits per heavy atom. The van der Waals surface area contributed by atoms with E-state index in [0.717, 1.165) is 61.1 Å². The van der Waals surface area contributed by atoms with Crippen LogP contribution in [0.3, 0.4) is 0 Å². The van der Waals surface area contributed by atoms with Crippen molar-refractivity contribution in [2.24, 2.45) is 0 Å². The second-order valence-electron chi connectivity index (χ2n) is 13.3. The smallest absolute Gasteiger partial charge is 0.182 e. The number of fused-ring (bicyclic) bond motifs is 3. The van der Waals surface area contributed by atoms with E-state index in [1.54, 1.807) is 0 Å². The number of phenols is 3. The summed E-state index contributed by atoms with van der Waals surface area (Å²) >= 11 is 0. The largest absolute Gasteiger partial charge is 0.508 e. The Bertz CT molecular complexity index is 2640. The minimum atomic E-state index is -0.575. The van der Waals surface area contributed by atoms with Crippen molar-refractivity contribution in [1.82, 2.24) is 4.57 Å². The van der Waals surface area contributed by atoms with Crippen molar-refractivity contribution in [2.75, 3.05) is 4.90 Å². The average molecular weight is 697 g/mol. The fraction of sp³-hybridized carbons (Fsp3) is 0. The van der Waals surface area contributed by atoms with Crippen molar-refractivity contribution in [2.45, 2.75) is 0 Å². The van der Waals surface area contributed by atoms with Gasteiger partial charge in [-0.05, 0) is 81.8 Å². The Morgan fingerprint density at radius 3 is 1.19 bits per heavy atom. The van der Waals surface area contributed by atoms with E-state index in [0.29, 0.717) is 11.1 Å². The third-order valence-electron chi connectivity index (χ3n) is 10.1. The molecule has 0 aliphatic rings. The van der Waals surface area contributed by atoms with Gasteiger partial charge in [0.25, 0.3) is 0 Å². The summed E-state index contributed by atoms with van der Waals surface area (Å²) in [7, 11) is 6.23. The topological polar surface area (TPSA) is 68.9 Å². The van der Waals surface area contributed by atoms with Crippen LogP contribution in [-0.4, -0.2) is 27.7 Å². The van der Waals surface area contributed by atoms with Crippen molar-refractivity contribution in [3.8, 4) is 56.3 Å². The van der Waals surface area contributed by atoms with Crippen molar-refractivity contribution >= 4 is 52.2 Å². The summed E-state index contributed by atoms with van der Waals surface area (Å²) in [6, 6.07) is 61.1. The average Bonchev–Trinajstić information content (AvgIpc) is 3.57. The summed E-state index contributed by atoms with van der Waals surface area (Å²) in [5, 5.41) is 36.2. The van der Waals surface area contributed by atoms with Crippen LogP contribution >= 0.6 is 0 Å². The molecule has 9 rings (SSSR count). The summed E-state index contributed by atoms with van der Waals surface area (Å²) in [6.07, 6.45) is 0. The van der Waals surface area contributed by atoms with Crippen molar-refractivity contribution in [3.63, 3.8) is 0 Å². The summed E-state index contributed by atoms with van der Waals surface area (Å²) in [4.78, 5) is 2.18. The molecule has 0 saturated heterocycles. The van der Waals surface area contributed by atoms with Gasteiger partial charge in [-0.1, -0.05) is 133 Å². The fourth-order valence-electron chi connectivity index (χ4n) is 7.46. The van der Waals surface area contributed by atoms with E-state index in [1.807, 2.05) is 114 Å². The molecule has 8 aromatic carbocycles. The quantitative estimate of drug-likeness (QED) is 0.0881.